The van der Waals surface area contributed by atoms with Crippen molar-refractivity contribution in [1.82, 2.24) is 0 Å². The maximum atomic E-state index is 16.3. The van der Waals surface area contributed by atoms with Gasteiger partial charge in [-0.25, -0.2) is 13.2 Å². The minimum atomic E-state index is -4.96. The zero-order chi connectivity index (χ0) is 24.8. The van der Waals surface area contributed by atoms with Crippen molar-refractivity contribution < 1.29 is 31.1 Å². The molecule has 1 aliphatic rings. The van der Waals surface area contributed by atoms with Crippen LogP contribution in [0.5, 0.6) is 5.75 Å². The second-order valence-electron chi connectivity index (χ2n) is 8.38. The fourth-order valence-electron chi connectivity index (χ4n) is 4.08. The molecule has 2 aromatic carbocycles. The Labute approximate surface area is 196 Å². The lowest BCUT2D eigenvalue weighted by Crippen LogP contribution is -2.34. The summed E-state index contributed by atoms with van der Waals surface area (Å²) in [7, 11) is 0. The van der Waals surface area contributed by atoms with Crippen molar-refractivity contribution in [1.29, 1.82) is 0 Å². The van der Waals surface area contributed by atoms with Gasteiger partial charge in [-0.2, -0.15) is 13.2 Å². The highest BCUT2D eigenvalue weighted by molar-refractivity contribution is 5.78. The average molecular weight is 483 g/mol. The van der Waals surface area contributed by atoms with E-state index in [9.17, 15) is 22.0 Å². The first kappa shape index (κ1) is 25.9. The molecule has 1 aliphatic carbocycles. The van der Waals surface area contributed by atoms with E-state index in [0.29, 0.717) is 18.4 Å². The summed E-state index contributed by atoms with van der Waals surface area (Å²) in [4.78, 5) is 0. The molecule has 3 rings (SSSR count). The quantitative estimate of drug-likeness (QED) is 0.243. The molecule has 0 saturated carbocycles. The van der Waals surface area contributed by atoms with Crippen molar-refractivity contribution in [3.8, 4) is 5.75 Å². The van der Waals surface area contributed by atoms with Gasteiger partial charge in [0.25, 0.3) is 0 Å². The molecule has 2 aromatic rings. The lowest BCUT2D eigenvalue weighted by Gasteiger charge is -2.33. The Bertz CT molecular complexity index is 1010. The van der Waals surface area contributed by atoms with Crippen LogP contribution in [-0.4, -0.2) is 12.8 Å². The normalized spacial score (nSPS) is 20.3. The van der Waals surface area contributed by atoms with E-state index < -0.39 is 40.5 Å². The number of ether oxygens (including phenoxy) is 1. The summed E-state index contributed by atoms with van der Waals surface area (Å²) in [6.45, 7) is 2.64. The summed E-state index contributed by atoms with van der Waals surface area (Å²) >= 11 is 0. The molecule has 0 bridgehead atoms. The lowest BCUT2D eigenvalue weighted by atomic mass is 9.77. The molecule has 0 heterocycles. The first-order valence-electron chi connectivity index (χ1n) is 11.5. The number of halogens is 6. The molecule has 0 N–H and O–H groups in total. The van der Waals surface area contributed by atoms with E-state index in [1.54, 1.807) is 0 Å². The maximum Gasteiger partial charge on any atom is 0.419 e. The van der Waals surface area contributed by atoms with Crippen LogP contribution in [0.1, 0.15) is 62.1 Å². The Hall–Kier alpha value is -2.70. The molecule has 2 unspecified atom stereocenters. The number of hydrogen-bond donors (Lipinski definition) is 0. The van der Waals surface area contributed by atoms with Gasteiger partial charge in [-0.1, -0.05) is 75.4 Å². The van der Waals surface area contributed by atoms with Crippen molar-refractivity contribution in [2.24, 2.45) is 0 Å². The highest BCUT2D eigenvalue weighted by atomic mass is 19.4. The minimum absolute atomic E-state index is 0.140. The van der Waals surface area contributed by atoms with E-state index in [-0.39, 0.29) is 5.56 Å². The predicted molar refractivity (Wildman–Crippen MR) is 122 cm³/mol. The van der Waals surface area contributed by atoms with Gasteiger partial charge in [0.1, 0.15) is 11.6 Å². The molecule has 34 heavy (non-hydrogen) atoms. The first-order valence-corrected chi connectivity index (χ1v) is 11.5. The SMILES string of the molecule is CCCCCCCCOc1ccc(C2(F)C(c3cccc(C(F)(F)F)c3F)=CC=CC2F)cc1. The standard InChI is InChI=1S/C27H28F6O/c1-2-3-4-5-6-7-18-34-20-16-14-19(15-17-20)26(30)22(11-9-13-24(26)28)21-10-8-12-23(25(21)29)27(31,32)33/h8-17,24H,2-7,18H2,1H3. The molecule has 2 atom stereocenters. The molecule has 0 saturated heterocycles. The Morgan fingerprint density at radius 3 is 2.29 bits per heavy atom. The topological polar surface area (TPSA) is 9.23 Å². The molecular weight excluding hydrogens is 454 g/mol. The fraction of sp³-hybridized carbons (Fsp3) is 0.407. The van der Waals surface area contributed by atoms with Crippen molar-refractivity contribution >= 4 is 5.57 Å². The summed E-state index contributed by atoms with van der Waals surface area (Å²) in [5.41, 5.74) is -5.67. The third kappa shape index (κ3) is 5.68. The third-order valence-corrected chi connectivity index (χ3v) is 5.95. The molecule has 0 radical (unpaired) electrons. The maximum absolute atomic E-state index is 16.3. The Morgan fingerprint density at radius 2 is 1.62 bits per heavy atom. The largest absolute Gasteiger partial charge is 0.494 e. The van der Waals surface area contributed by atoms with Crippen LogP contribution in [0, 0.1) is 5.82 Å². The predicted octanol–water partition coefficient (Wildman–Crippen LogP) is 8.74. The highest BCUT2D eigenvalue weighted by Crippen LogP contribution is 2.48. The Balaban J connectivity index is 1.80. The van der Waals surface area contributed by atoms with Gasteiger partial charge >= 0.3 is 6.18 Å². The van der Waals surface area contributed by atoms with Gasteiger partial charge in [0.2, 0.25) is 0 Å². The van der Waals surface area contributed by atoms with Crippen molar-refractivity contribution in [3.05, 3.63) is 83.2 Å². The second-order valence-corrected chi connectivity index (χ2v) is 8.38. The number of alkyl halides is 5. The van der Waals surface area contributed by atoms with Gasteiger partial charge in [-0.05, 0) is 36.3 Å². The molecule has 184 valence electrons. The molecule has 1 nitrogen and oxygen atoms in total. The second kappa shape index (κ2) is 11.2. The van der Waals surface area contributed by atoms with Crippen LogP contribution in [0.4, 0.5) is 26.3 Å². The number of allylic oxidation sites excluding steroid dienone is 4. The van der Waals surface area contributed by atoms with Crippen LogP contribution >= 0.6 is 0 Å². The summed E-state index contributed by atoms with van der Waals surface area (Å²) < 4.78 is 91.2. The van der Waals surface area contributed by atoms with Gasteiger partial charge in [0, 0.05) is 11.1 Å². The minimum Gasteiger partial charge on any atom is -0.494 e. The van der Waals surface area contributed by atoms with Crippen LogP contribution in [0.15, 0.2) is 60.7 Å². The van der Waals surface area contributed by atoms with Crippen LogP contribution in [0.25, 0.3) is 5.57 Å². The molecule has 0 aliphatic heterocycles. The number of benzene rings is 2. The van der Waals surface area contributed by atoms with Gasteiger partial charge in [0.05, 0.1) is 12.2 Å². The number of unbranched alkanes of at least 4 members (excludes halogenated alkanes) is 5. The van der Waals surface area contributed by atoms with E-state index in [1.165, 1.54) is 49.6 Å². The fourth-order valence-corrected chi connectivity index (χ4v) is 4.08. The van der Waals surface area contributed by atoms with Gasteiger partial charge in [-0.15, -0.1) is 0 Å². The molecule has 0 amide bonds. The van der Waals surface area contributed by atoms with Crippen LogP contribution in [0.3, 0.4) is 0 Å². The zero-order valence-electron chi connectivity index (χ0n) is 19.0. The Morgan fingerprint density at radius 1 is 0.941 bits per heavy atom. The lowest BCUT2D eigenvalue weighted by molar-refractivity contribution is -0.140. The summed E-state index contributed by atoms with van der Waals surface area (Å²) in [5.74, 6) is -1.16. The van der Waals surface area contributed by atoms with Gasteiger partial charge in [0.15, 0.2) is 11.8 Å². The molecule has 0 spiro atoms. The van der Waals surface area contributed by atoms with Crippen LogP contribution in [0.2, 0.25) is 0 Å². The van der Waals surface area contributed by atoms with E-state index in [2.05, 4.69) is 6.92 Å². The molecular formula is C27H28F6O. The number of hydrogen-bond acceptors (Lipinski definition) is 1. The molecule has 0 aromatic heterocycles. The smallest absolute Gasteiger partial charge is 0.419 e. The monoisotopic (exact) mass is 482 g/mol. The summed E-state index contributed by atoms with van der Waals surface area (Å²) in [6.07, 6.45) is 2.68. The van der Waals surface area contributed by atoms with Crippen LogP contribution in [-0.2, 0) is 11.8 Å². The zero-order valence-corrected chi connectivity index (χ0v) is 19.0. The first-order chi connectivity index (χ1) is 16.2. The highest BCUT2D eigenvalue weighted by Gasteiger charge is 2.47. The van der Waals surface area contributed by atoms with Crippen molar-refractivity contribution in [2.75, 3.05) is 6.61 Å². The van der Waals surface area contributed by atoms with Crippen molar-refractivity contribution in [2.45, 2.75) is 63.5 Å². The third-order valence-electron chi connectivity index (χ3n) is 5.95. The van der Waals surface area contributed by atoms with Crippen molar-refractivity contribution in [3.63, 3.8) is 0 Å². The van der Waals surface area contributed by atoms with Crippen LogP contribution < -0.4 is 4.74 Å². The van der Waals surface area contributed by atoms with E-state index >= 15 is 4.39 Å². The molecule has 7 heteroatoms. The van der Waals surface area contributed by atoms with Gasteiger partial charge in [-0.3, -0.25) is 0 Å². The van der Waals surface area contributed by atoms with E-state index in [4.69, 9.17) is 4.74 Å². The van der Waals surface area contributed by atoms with E-state index in [1.807, 2.05) is 0 Å². The van der Waals surface area contributed by atoms with Gasteiger partial charge < -0.3 is 4.74 Å². The molecule has 0 fully saturated rings. The average Bonchev–Trinajstić information content (AvgIpc) is 2.80. The van der Waals surface area contributed by atoms with E-state index in [0.717, 1.165) is 43.5 Å². The Kier molecular flexibility index (Phi) is 8.50. The number of rotatable bonds is 10. The summed E-state index contributed by atoms with van der Waals surface area (Å²) in [6, 6.07) is 8.18. The summed E-state index contributed by atoms with van der Waals surface area (Å²) in [5, 5.41) is 0.